The number of nitrogens with one attached hydrogen (secondary N) is 1. The van der Waals surface area contributed by atoms with Gasteiger partial charge in [-0.1, -0.05) is 0 Å². The third-order valence-corrected chi connectivity index (χ3v) is 4.89. The molecule has 8 heteroatoms. The number of rotatable bonds is 8. The first-order valence-corrected chi connectivity index (χ1v) is 7.98. The van der Waals surface area contributed by atoms with Gasteiger partial charge in [0.2, 0.25) is 10.0 Å². The second-order valence-electron chi connectivity index (χ2n) is 4.66. The number of sulfonamides is 1. The Balaban J connectivity index is 2.63. The third kappa shape index (κ3) is 3.88. The third-order valence-electron chi connectivity index (χ3n) is 3.49. The van der Waals surface area contributed by atoms with Crippen LogP contribution in [0, 0.1) is 0 Å². The summed E-state index contributed by atoms with van der Waals surface area (Å²) in [6.07, 6.45) is 1.30. The lowest BCUT2D eigenvalue weighted by Crippen LogP contribution is -2.55. The number of ether oxygens (including phenoxy) is 1. The number of carbonyl (C=O) groups is 1. The smallest absolute Gasteiger partial charge is 0.326 e. The van der Waals surface area contributed by atoms with Crippen LogP contribution in [0.1, 0.15) is 19.8 Å². The fraction of sp³-hybridized carbons (Fsp3) is 0.909. The van der Waals surface area contributed by atoms with Crippen molar-refractivity contribution in [2.24, 2.45) is 0 Å². The first kappa shape index (κ1) is 16.4. The first-order valence-electron chi connectivity index (χ1n) is 6.32. The van der Waals surface area contributed by atoms with Crippen LogP contribution in [0.3, 0.4) is 0 Å². The normalized spacial score (nSPS) is 24.7. The predicted octanol–water partition coefficient (Wildman–Crippen LogP) is -0.509. The number of methoxy groups -OCH3 is 1. The molecule has 1 fully saturated rings. The molecule has 0 saturated carbocycles. The van der Waals surface area contributed by atoms with Gasteiger partial charge in [-0.3, -0.25) is 9.69 Å². The largest absolute Gasteiger partial charge is 0.480 e. The Morgan fingerprint density at radius 2 is 2.21 bits per heavy atom. The molecule has 7 nitrogen and oxygen atoms in total. The van der Waals surface area contributed by atoms with E-state index >= 15 is 0 Å². The number of carboxylic acids is 1. The van der Waals surface area contributed by atoms with Crippen molar-refractivity contribution >= 4 is 16.0 Å². The zero-order valence-corrected chi connectivity index (χ0v) is 12.2. The highest BCUT2D eigenvalue weighted by atomic mass is 32.2. The van der Waals surface area contributed by atoms with Crippen molar-refractivity contribution in [2.45, 2.75) is 25.3 Å². The zero-order chi connectivity index (χ0) is 14.5. The summed E-state index contributed by atoms with van der Waals surface area (Å²) >= 11 is 0. The second kappa shape index (κ2) is 6.65. The van der Waals surface area contributed by atoms with Crippen molar-refractivity contribution in [3.05, 3.63) is 0 Å². The lowest BCUT2D eigenvalue weighted by molar-refractivity contribution is -0.153. The van der Waals surface area contributed by atoms with Gasteiger partial charge in [0.05, 0.1) is 12.4 Å². The quantitative estimate of drug-likeness (QED) is 0.626. The van der Waals surface area contributed by atoms with Gasteiger partial charge in [-0.25, -0.2) is 13.1 Å². The standard InChI is InChI=1S/C11H22N2O5S/c1-3-19(16,17)12-6-8-13-7-4-5-11(13,9-18-2)10(14)15/h12H,3-9H2,1-2H3,(H,14,15). The summed E-state index contributed by atoms with van der Waals surface area (Å²) in [6, 6.07) is 0. The molecule has 0 aromatic rings. The minimum atomic E-state index is -3.24. The molecule has 1 saturated heterocycles. The maximum absolute atomic E-state index is 11.5. The van der Waals surface area contributed by atoms with Crippen molar-refractivity contribution in [1.82, 2.24) is 9.62 Å². The average molecular weight is 294 g/mol. The lowest BCUT2D eigenvalue weighted by atomic mass is 9.97. The summed E-state index contributed by atoms with van der Waals surface area (Å²) in [5.74, 6) is -0.889. The fourth-order valence-corrected chi connectivity index (χ4v) is 3.01. The van der Waals surface area contributed by atoms with Crippen molar-refractivity contribution in [1.29, 1.82) is 0 Å². The highest BCUT2D eigenvalue weighted by Crippen LogP contribution is 2.29. The van der Waals surface area contributed by atoms with E-state index in [1.165, 1.54) is 7.11 Å². The molecule has 0 spiro atoms. The van der Waals surface area contributed by atoms with E-state index in [4.69, 9.17) is 4.74 Å². The highest BCUT2D eigenvalue weighted by Gasteiger charge is 2.47. The Bertz CT molecular complexity index is 411. The molecular formula is C11H22N2O5S. The molecule has 19 heavy (non-hydrogen) atoms. The molecule has 1 aliphatic heterocycles. The molecule has 0 radical (unpaired) electrons. The van der Waals surface area contributed by atoms with E-state index in [2.05, 4.69) is 4.72 Å². The first-order chi connectivity index (χ1) is 8.88. The minimum Gasteiger partial charge on any atom is -0.480 e. The number of carboxylic acid groups (broad SMARTS) is 1. The van der Waals surface area contributed by atoms with Crippen molar-refractivity contribution < 1.29 is 23.1 Å². The molecule has 1 unspecified atom stereocenters. The van der Waals surface area contributed by atoms with Crippen molar-refractivity contribution in [2.75, 3.05) is 39.1 Å². The zero-order valence-electron chi connectivity index (χ0n) is 11.4. The molecule has 1 aliphatic rings. The van der Waals surface area contributed by atoms with Crippen LogP contribution in [0.4, 0.5) is 0 Å². The number of nitrogens with zero attached hydrogens (tertiary/aromatic N) is 1. The summed E-state index contributed by atoms with van der Waals surface area (Å²) in [5, 5.41) is 9.41. The molecule has 0 aromatic heterocycles. The van der Waals surface area contributed by atoms with Crippen LogP contribution >= 0.6 is 0 Å². The average Bonchev–Trinajstić information content (AvgIpc) is 2.74. The van der Waals surface area contributed by atoms with Gasteiger partial charge in [0.15, 0.2) is 0 Å². The molecule has 1 heterocycles. The minimum absolute atomic E-state index is 0.0230. The van der Waals surface area contributed by atoms with Crippen LogP contribution in [0.2, 0.25) is 0 Å². The molecule has 112 valence electrons. The summed E-state index contributed by atoms with van der Waals surface area (Å²) in [4.78, 5) is 13.3. The molecule has 1 rings (SSSR count). The molecule has 0 amide bonds. The predicted molar refractivity (Wildman–Crippen MR) is 70.5 cm³/mol. The van der Waals surface area contributed by atoms with Crippen LogP contribution in [-0.4, -0.2) is 69.0 Å². The Hall–Kier alpha value is -0.700. The highest BCUT2D eigenvalue weighted by molar-refractivity contribution is 7.89. The second-order valence-corrected chi connectivity index (χ2v) is 6.75. The van der Waals surface area contributed by atoms with E-state index in [0.29, 0.717) is 19.5 Å². The van der Waals surface area contributed by atoms with E-state index in [9.17, 15) is 18.3 Å². The summed E-state index contributed by atoms with van der Waals surface area (Å²) < 4.78 is 30.1. The van der Waals surface area contributed by atoms with Gasteiger partial charge in [-0.05, 0) is 26.3 Å². The van der Waals surface area contributed by atoms with Crippen LogP contribution in [0.5, 0.6) is 0 Å². The van der Waals surface area contributed by atoms with Crippen LogP contribution in [0.15, 0.2) is 0 Å². The SMILES string of the molecule is CCS(=O)(=O)NCCN1CCCC1(COC)C(=O)O. The van der Waals surface area contributed by atoms with E-state index in [0.717, 1.165) is 6.42 Å². The van der Waals surface area contributed by atoms with Crippen molar-refractivity contribution in [3.63, 3.8) is 0 Å². The Morgan fingerprint density at radius 3 is 2.74 bits per heavy atom. The summed E-state index contributed by atoms with van der Waals surface area (Å²) in [7, 11) is -1.76. The number of likely N-dealkylation sites (tertiary alicyclic amines) is 1. The van der Waals surface area contributed by atoms with Gasteiger partial charge >= 0.3 is 5.97 Å². The van der Waals surface area contributed by atoms with Crippen LogP contribution in [0.25, 0.3) is 0 Å². The molecule has 0 aromatic carbocycles. The van der Waals surface area contributed by atoms with E-state index < -0.39 is 21.5 Å². The Morgan fingerprint density at radius 1 is 1.53 bits per heavy atom. The van der Waals surface area contributed by atoms with Gasteiger partial charge in [0.25, 0.3) is 0 Å². The summed E-state index contributed by atoms with van der Waals surface area (Å²) in [5.41, 5.74) is -1.02. The number of hydrogen-bond acceptors (Lipinski definition) is 5. The molecule has 1 atom stereocenters. The van der Waals surface area contributed by atoms with Crippen molar-refractivity contribution in [3.8, 4) is 0 Å². The van der Waals surface area contributed by atoms with Gasteiger partial charge in [-0.2, -0.15) is 0 Å². The van der Waals surface area contributed by atoms with Gasteiger partial charge in [0.1, 0.15) is 5.54 Å². The number of hydrogen-bond donors (Lipinski definition) is 2. The Kier molecular flexibility index (Phi) is 5.72. The van der Waals surface area contributed by atoms with E-state index in [1.807, 2.05) is 0 Å². The van der Waals surface area contributed by atoms with Crippen LogP contribution < -0.4 is 4.72 Å². The molecule has 0 bridgehead atoms. The maximum atomic E-state index is 11.5. The molecule has 2 N–H and O–H groups in total. The topological polar surface area (TPSA) is 95.9 Å². The lowest BCUT2D eigenvalue weighted by Gasteiger charge is -2.34. The monoisotopic (exact) mass is 294 g/mol. The van der Waals surface area contributed by atoms with Gasteiger partial charge in [-0.15, -0.1) is 0 Å². The number of aliphatic carboxylic acids is 1. The van der Waals surface area contributed by atoms with Crippen LogP contribution in [-0.2, 0) is 19.6 Å². The fourth-order valence-electron chi connectivity index (χ4n) is 2.40. The maximum Gasteiger partial charge on any atom is 0.326 e. The summed E-state index contributed by atoms with van der Waals surface area (Å²) in [6.45, 7) is 2.90. The Labute approximate surface area is 114 Å². The molecular weight excluding hydrogens is 272 g/mol. The van der Waals surface area contributed by atoms with Gasteiger partial charge in [0, 0.05) is 20.2 Å². The molecule has 0 aliphatic carbocycles. The van der Waals surface area contributed by atoms with E-state index in [1.54, 1.807) is 11.8 Å². The van der Waals surface area contributed by atoms with Gasteiger partial charge < -0.3 is 9.84 Å². The van der Waals surface area contributed by atoms with E-state index in [-0.39, 0.29) is 18.9 Å².